The van der Waals surface area contributed by atoms with E-state index < -0.39 is 22.6 Å². The van der Waals surface area contributed by atoms with Crippen LogP contribution in [0.15, 0.2) is 14.4 Å². The molecule has 0 aliphatic carbocycles. The van der Waals surface area contributed by atoms with Crippen LogP contribution in [-0.2, 0) is 18.9 Å². The second kappa shape index (κ2) is 4.81. The molecule has 2 aromatic heterocycles. The lowest BCUT2D eigenvalue weighted by molar-refractivity contribution is -0.118. The second-order valence-corrected chi connectivity index (χ2v) is 4.48. The van der Waals surface area contributed by atoms with Crippen LogP contribution >= 0.6 is 0 Å². The van der Waals surface area contributed by atoms with Crippen molar-refractivity contribution in [2.75, 3.05) is 11.2 Å². The van der Waals surface area contributed by atoms with E-state index in [1.807, 2.05) is 0 Å². The molecule has 21 heavy (non-hydrogen) atoms. The number of aromatic amines is 1. The number of nitrogen functional groups attached to an aromatic ring is 1. The van der Waals surface area contributed by atoms with Gasteiger partial charge in [-0.05, 0) is 0 Å². The van der Waals surface area contributed by atoms with E-state index in [1.165, 1.54) is 21.0 Å². The van der Waals surface area contributed by atoms with E-state index in [9.17, 15) is 19.2 Å². The van der Waals surface area contributed by atoms with Gasteiger partial charge in [-0.2, -0.15) is 0 Å². The molecule has 2 aromatic rings. The zero-order valence-electron chi connectivity index (χ0n) is 11.6. The molecule has 0 aliphatic rings. The molecule has 0 spiro atoms. The fraction of sp³-hybridized carbons (Fsp3) is 0.273. The highest BCUT2D eigenvalue weighted by Crippen LogP contribution is 2.12. The number of pyridine rings is 1. The maximum atomic E-state index is 12.2. The molecule has 2 rings (SSSR count). The van der Waals surface area contributed by atoms with Gasteiger partial charge in [-0.1, -0.05) is 0 Å². The number of fused-ring (bicyclic) bond motifs is 1. The Morgan fingerprint density at radius 1 is 1.19 bits per heavy atom. The number of nitrogens with zero attached hydrogens (tertiary/aromatic N) is 2. The van der Waals surface area contributed by atoms with Gasteiger partial charge in [-0.3, -0.25) is 34.4 Å². The van der Waals surface area contributed by atoms with Gasteiger partial charge in [0.1, 0.15) is 16.7 Å². The largest absolute Gasteiger partial charge is 0.393 e. The van der Waals surface area contributed by atoms with Gasteiger partial charge in [0.15, 0.2) is 5.82 Å². The molecular weight excluding hydrogens is 280 g/mol. The van der Waals surface area contributed by atoms with Crippen LogP contribution in [0.3, 0.4) is 0 Å². The Kier molecular flexibility index (Phi) is 3.29. The van der Waals surface area contributed by atoms with Crippen LogP contribution in [-0.4, -0.2) is 20.0 Å². The molecule has 0 bridgehead atoms. The Morgan fingerprint density at radius 3 is 2.38 bits per heavy atom. The predicted octanol–water partition coefficient (Wildman–Crippen LogP) is -2.03. The first-order chi connectivity index (χ1) is 9.75. The topological polar surface area (TPSA) is 144 Å². The summed E-state index contributed by atoms with van der Waals surface area (Å²) in [5.74, 6) is -0.417. The minimum atomic E-state index is -0.743. The van der Waals surface area contributed by atoms with E-state index in [0.29, 0.717) is 0 Å². The van der Waals surface area contributed by atoms with Gasteiger partial charge in [0.25, 0.3) is 5.56 Å². The summed E-state index contributed by atoms with van der Waals surface area (Å²) < 4.78 is 1.93. The molecule has 0 atom stereocenters. The lowest BCUT2D eigenvalue weighted by Gasteiger charge is -2.12. The summed E-state index contributed by atoms with van der Waals surface area (Å²) in [5, 5.41) is -0.231. The van der Waals surface area contributed by atoms with Crippen molar-refractivity contribution < 1.29 is 4.79 Å². The fourth-order valence-electron chi connectivity index (χ4n) is 1.88. The molecule has 0 radical (unpaired) electrons. The van der Waals surface area contributed by atoms with E-state index in [4.69, 9.17) is 5.73 Å². The third kappa shape index (κ3) is 2.16. The summed E-state index contributed by atoms with van der Waals surface area (Å²) >= 11 is 0. The molecule has 5 N–H and O–H groups in total. The van der Waals surface area contributed by atoms with E-state index >= 15 is 0 Å². The lowest BCUT2D eigenvalue weighted by Crippen LogP contribution is -2.40. The average Bonchev–Trinajstić information content (AvgIpc) is 2.44. The molecule has 0 saturated heterocycles. The van der Waals surface area contributed by atoms with Crippen molar-refractivity contribution >= 4 is 28.4 Å². The Morgan fingerprint density at radius 2 is 1.81 bits per heavy atom. The number of anilines is 2. The van der Waals surface area contributed by atoms with E-state index in [0.717, 1.165) is 9.13 Å². The van der Waals surface area contributed by atoms with Crippen molar-refractivity contribution in [3.63, 3.8) is 0 Å². The Labute approximate surface area is 117 Å². The highest BCUT2D eigenvalue weighted by Gasteiger charge is 2.16. The van der Waals surface area contributed by atoms with Crippen molar-refractivity contribution in [1.82, 2.24) is 19.5 Å². The molecule has 112 valence electrons. The summed E-state index contributed by atoms with van der Waals surface area (Å²) in [5.41, 5.74) is 7.98. The zero-order valence-corrected chi connectivity index (χ0v) is 11.6. The lowest BCUT2D eigenvalue weighted by atomic mass is 10.2. The first kappa shape index (κ1) is 14.4. The molecule has 0 fully saturated rings. The van der Waals surface area contributed by atoms with Gasteiger partial charge in [0.05, 0.1) is 0 Å². The van der Waals surface area contributed by atoms with Crippen LogP contribution < -0.4 is 33.3 Å². The number of hydrazine groups is 1. The maximum absolute atomic E-state index is 12.2. The van der Waals surface area contributed by atoms with Gasteiger partial charge in [0.2, 0.25) is 11.3 Å². The van der Waals surface area contributed by atoms with Crippen LogP contribution in [0, 0.1) is 0 Å². The van der Waals surface area contributed by atoms with Crippen LogP contribution in [0.1, 0.15) is 6.92 Å². The Balaban J connectivity index is 2.89. The average molecular weight is 294 g/mol. The highest BCUT2D eigenvalue weighted by molar-refractivity contribution is 5.83. The third-order valence-corrected chi connectivity index (χ3v) is 3.01. The van der Waals surface area contributed by atoms with Crippen molar-refractivity contribution in [2.24, 2.45) is 14.1 Å². The van der Waals surface area contributed by atoms with Gasteiger partial charge in [-0.15, -0.1) is 0 Å². The number of hydrogen-bond acceptors (Lipinski definition) is 6. The number of H-pyrrole nitrogens is 1. The molecular formula is C11H14N6O4. The number of rotatable bonds is 2. The number of carbonyl (C=O) groups is 1. The molecule has 0 unspecified atom stereocenters. The summed E-state index contributed by atoms with van der Waals surface area (Å²) in [6.45, 7) is 1.26. The van der Waals surface area contributed by atoms with Gasteiger partial charge >= 0.3 is 5.69 Å². The number of aromatic nitrogens is 3. The van der Waals surface area contributed by atoms with Crippen LogP contribution in [0.2, 0.25) is 0 Å². The van der Waals surface area contributed by atoms with Crippen molar-refractivity contribution in [1.29, 1.82) is 0 Å². The molecule has 10 heteroatoms. The van der Waals surface area contributed by atoms with E-state index in [1.54, 1.807) is 0 Å². The number of hydrogen-bond donors (Lipinski definition) is 4. The minimum Gasteiger partial charge on any atom is -0.393 e. The zero-order chi connectivity index (χ0) is 15.9. The number of nitrogens with two attached hydrogens (primary N) is 1. The summed E-state index contributed by atoms with van der Waals surface area (Å²) in [6, 6.07) is 0. The first-order valence-corrected chi connectivity index (χ1v) is 5.89. The van der Waals surface area contributed by atoms with Crippen LogP contribution in [0.5, 0.6) is 0 Å². The first-order valence-electron chi connectivity index (χ1n) is 5.89. The summed E-state index contributed by atoms with van der Waals surface area (Å²) in [6.07, 6.45) is 0. The minimum absolute atomic E-state index is 0.00838. The number of nitrogens with one attached hydrogen (secondary N) is 3. The molecule has 2 heterocycles. The van der Waals surface area contributed by atoms with Gasteiger partial charge in [-0.25, -0.2) is 4.79 Å². The normalized spacial score (nSPS) is 10.6. The number of aryl methyl sites for hydroxylation is 1. The van der Waals surface area contributed by atoms with Crippen molar-refractivity contribution in [3.05, 3.63) is 31.1 Å². The molecule has 0 aliphatic heterocycles. The Hall–Kier alpha value is -3.04. The molecule has 0 saturated carbocycles. The van der Waals surface area contributed by atoms with Gasteiger partial charge in [0, 0.05) is 21.0 Å². The Bertz CT molecular complexity index is 919. The van der Waals surface area contributed by atoms with Crippen LogP contribution in [0.25, 0.3) is 11.0 Å². The number of amides is 1. The summed E-state index contributed by atoms with van der Waals surface area (Å²) in [7, 11) is 2.67. The van der Waals surface area contributed by atoms with Crippen molar-refractivity contribution in [3.8, 4) is 0 Å². The SMILES string of the molecule is CC(=O)NNc1[nH]c2c(c(=O)c1N)c(=O)n(C)c(=O)n2C. The van der Waals surface area contributed by atoms with E-state index in [-0.39, 0.29) is 22.5 Å². The maximum Gasteiger partial charge on any atom is 0.332 e. The summed E-state index contributed by atoms with van der Waals surface area (Å²) in [4.78, 5) is 49.6. The third-order valence-electron chi connectivity index (χ3n) is 3.01. The highest BCUT2D eigenvalue weighted by atomic mass is 16.2. The van der Waals surface area contributed by atoms with Crippen LogP contribution in [0.4, 0.5) is 11.5 Å². The smallest absolute Gasteiger partial charge is 0.332 e. The fourth-order valence-corrected chi connectivity index (χ4v) is 1.88. The quantitative estimate of drug-likeness (QED) is 0.470. The molecule has 1 amide bonds. The second-order valence-electron chi connectivity index (χ2n) is 4.48. The van der Waals surface area contributed by atoms with Gasteiger partial charge < -0.3 is 10.7 Å². The molecule has 10 nitrogen and oxygen atoms in total. The monoisotopic (exact) mass is 294 g/mol. The standard InChI is InChI=1S/C11H14N6O4/c1-4(18)14-15-8-6(12)7(19)5-9(13-8)16(2)11(21)17(3)10(5)20/h12H2,1-3H3,(H,14,18)(H2,13,15,19). The van der Waals surface area contributed by atoms with Crippen molar-refractivity contribution in [2.45, 2.75) is 6.92 Å². The van der Waals surface area contributed by atoms with E-state index in [2.05, 4.69) is 15.8 Å². The molecule has 0 aromatic carbocycles. The number of carbonyl (C=O) groups excluding carboxylic acids is 1. The predicted molar refractivity (Wildman–Crippen MR) is 76.9 cm³/mol.